The second-order valence-electron chi connectivity index (χ2n) is 4.39. The Labute approximate surface area is 111 Å². The number of rotatable bonds is 2. The van der Waals surface area contributed by atoms with Crippen molar-refractivity contribution in [2.45, 2.75) is 6.42 Å². The van der Waals surface area contributed by atoms with Crippen LogP contribution in [0.25, 0.3) is 0 Å². The van der Waals surface area contributed by atoms with Crippen LogP contribution in [0.2, 0.25) is 0 Å². The van der Waals surface area contributed by atoms with E-state index < -0.39 is 0 Å². The van der Waals surface area contributed by atoms with Gasteiger partial charge in [0.25, 0.3) is 0 Å². The molecule has 0 N–H and O–H groups in total. The number of carbonyl (C=O) groups is 2. The molecule has 0 saturated carbocycles. The van der Waals surface area contributed by atoms with E-state index in [4.69, 9.17) is 0 Å². The molecule has 100 valence electrons. The van der Waals surface area contributed by atoms with Gasteiger partial charge in [0.1, 0.15) is 0 Å². The average molecular weight is 260 g/mol. The Kier molecular flexibility index (Phi) is 3.94. The summed E-state index contributed by atoms with van der Waals surface area (Å²) in [5.74, 6) is -0.307. The molecule has 0 radical (unpaired) electrons. The van der Waals surface area contributed by atoms with Crippen LogP contribution in [-0.2, 0) is 9.53 Å². The molecule has 5 heteroatoms. The fourth-order valence-electron chi connectivity index (χ4n) is 1.90. The average Bonchev–Trinajstić information content (AvgIpc) is 2.60. The number of methoxy groups -OCH3 is 1. The molecule has 1 aromatic carbocycles. The van der Waals surface area contributed by atoms with Gasteiger partial charge in [-0.25, -0.2) is 4.79 Å². The van der Waals surface area contributed by atoms with E-state index in [1.807, 2.05) is 0 Å². The summed E-state index contributed by atoms with van der Waals surface area (Å²) < 4.78 is 4.64. The maximum atomic E-state index is 11.8. The highest BCUT2D eigenvalue weighted by Crippen LogP contribution is 2.12. The van der Waals surface area contributed by atoms with E-state index in [9.17, 15) is 9.59 Å². The van der Waals surface area contributed by atoms with E-state index in [2.05, 4.69) is 9.73 Å². The van der Waals surface area contributed by atoms with Gasteiger partial charge in [-0.3, -0.25) is 9.79 Å². The van der Waals surface area contributed by atoms with Crippen molar-refractivity contribution in [2.75, 3.05) is 27.2 Å². The van der Waals surface area contributed by atoms with Crippen molar-refractivity contribution in [3.63, 3.8) is 0 Å². The molecule has 5 nitrogen and oxygen atoms in total. The Hall–Kier alpha value is -2.17. The molecule has 0 atom stereocenters. The number of hydrogen-bond donors (Lipinski definition) is 0. The first-order chi connectivity index (χ1) is 9.11. The quantitative estimate of drug-likeness (QED) is 0.749. The van der Waals surface area contributed by atoms with Crippen LogP contribution in [-0.4, -0.2) is 49.7 Å². The maximum Gasteiger partial charge on any atom is 0.337 e. The first-order valence-electron chi connectivity index (χ1n) is 6.08. The number of hydrogen-bond acceptors (Lipinski definition) is 4. The fraction of sp³-hybridized carbons (Fsp3) is 0.357. The lowest BCUT2D eigenvalue weighted by atomic mass is 10.0. The molecule has 19 heavy (non-hydrogen) atoms. The zero-order chi connectivity index (χ0) is 13.8. The number of nitrogens with zero attached hydrogens (tertiary/aromatic N) is 2. The molecular formula is C14H16N2O3. The molecule has 1 amide bonds. The highest BCUT2D eigenvalue weighted by Gasteiger charge is 2.17. The largest absolute Gasteiger partial charge is 0.465 e. The molecule has 1 heterocycles. The third kappa shape index (κ3) is 2.99. The van der Waals surface area contributed by atoms with Crippen LogP contribution in [0.1, 0.15) is 22.3 Å². The summed E-state index contributed by atoms with van der Waals surface area (Å²) in [6.45, 7) is 1.25. The molecule has 2 rings (SSSR count). The highest BCUT2D eigenvalue weighted by atomic mass is 16.5. The third-order valence-corrected chi connectivity index (χ3v) is 3.12. The normalized spacial score (nSPS) is 15.8. The Morgan fingerprint density at radius 1 is 1.32 bits per heavy atom. The number of carbonyl (C=O) groups excluding carboxylic acids is 2. The lowest BCUT2D eigenvalue weighted by molar-refractivity contribution is -0.128. The third-order valence-electron chi connectivity index (χ3n) is 3.12. The molecule has 1 aliphatic rings. The molecule has 0 bridgehead atoms. The van der Waals surface area contributed by atoms with Crippen molar-refractivity contribution in [3.8, 4) is 0 Å². The maximum absolute atomic E-state index is 11.8. The molecule has 1 aliphatic heterocycles. The van der Waals surface area contributed by atoms with Crippen LogP contribution in [0.5, 0.6) is 0 Å². The van der Waals surface area contributed by atoms with E-state index in [1.165, 1.54) is 7.11 Å². The summed E-state index contributed by atoms with van der Waals surface area (Å²) in [4.78, 5) is 29.2. The van der Waals surface area contributed by atoms with Crippen LogP contribution in [0.15, 0.2) is 29.3 Å². The van der Waals surface area contributed by atoms with Crippen LogP contribution in [0.3, 0.4) is 0 Å². The van der Waals surface area contributed by atoms with E-state index in [0.717, 1.165) is 11.3 Å². The lowest BCUT2D eigenvalue weighted by Crippen LogP contribution is -2.28. The van der Waals surface area contributed by atoms with Gasteiger partial charge < -0.3 is 9.64 Å². The van der Waals surface area contributed by atoms with Crippen molar-refractivity contribution < 1.29 is 14.3 Å². The number of ether oxygens (including phenoxy) is 1. The minimum Gasteiger partial charge on any atom is -0.465 e. The van der Waals surface area contributed by atoms with Gasteiger partial charge in [-0.1, -0.05) is 12.1 Å². The van der Waals surface area contributed by atoms with E-state index in [-0.39, 0.29) is 11.9 Å². The summed E-state index contributed by atoms with van der Waals surface area (Å²) in [7, 11) is 3.13. The Balaban J connectivity index is 2.20. The predicted molar refractivity (Wildman–Crippen MR) is 71.4 cm³/mol. The van der Waals surface area contributed by atoms with Gasteiger partial charge in [0.05, 0.1) is 31.4 Å². The van der Waals surface area contributed by atoms with Gasteiger partial charge in [-0.2, -0.15) is 0 Å². The molecule has 0 aromatic heterocycles. The summed E-state index contributed by atoms with van der Waals surface area (Å²) in [6.07, 6.45) is 0.300. The number of benzene rings is 1. The molecule has 1 aromatic rings. The van der Waals surface area contributed by atoms with Gasteiger partial charge in [0.15, 0.2) is 0 Å². The second kappa shape index (κ2) is 5.65. The SMILES string of the molecule is COC(=O)c1ccc(C2=NCCN(C)C(=O)C2)cc1. The molecule has 0 aliphatic carbocycles. The van der Waals surface area contributed by atoms with Crippen molar-refractivity contribution in [2.24, 2.45) is 4.99 Å². The topological polar surface area (TPSA) is 59.0 Å². The van der Waals surface area contributed by atoms with Crippen molar-refractivity contribution in [1.82, 2.24) is 4.90 Å². The predicted octanol–water partition coefficient (Wildman–Crippen LogP) is 1.12. The highest BCUT2D eigenvalue weighted by molar-refractivity contribution is 6.11. The summed E-state index contributed by atoms with van der Waals surface area (Å²) in [6, 6.07) is 6.96. The molecular weight excluding hydrogens is 244 g/mol. The number of aliphatic imine (C=N–C) groups is 1. The fourth-order valence-corrected chi connectivity index (χ4v) is 1.90. The number of esters is 1. The van der Waals surface area contributed by atoms with E-state index >= 15 is 0 Å². The Morgan fingerprint density at radius 3 is 2.63 bits per heavy atom. The number of amides is 1. The van der Waals surface area contributed by atoms with Gasteiger partial charge in [0.2, 0.25) is 5.91 Å². The van der Waals surface area contributed by atoms with Gasteiger partial charge >= 0.3 is 5.97 Å². The van der Waals surface area contributed by atoms with Crippen LogP contribution in [0.4, 0.5) is 0 Å². The van der Waals surface area contributed by atoms with Gasteiger partial charge in [-0.15, -0.1) is 0 Å². The standard InChI is InChI=1S/C14H16N2O3/c1-16-8-7-15-12(9-13(16)17)10-3-5-11(6-4-10)14(18)19-2/h3-6H,7-9H2,1-2H3. The van der Waals surface area contributed by atoms with Crippen LogP contribution >= 0.6 is 0 Å². The van der Waals surface area contributed by atoms with Crippen molar-refractivity contribution in [3.05, 3.63) is 35.4 Å². The van der Waals surface area contributed by atoms with E-state index in [1.54, 1.807) is 36.2 Å². The smallest absolute Gasteiger partial charge is 0.337 e. The first-order valence-corrected chi connectivity index (χ1v) is 6.08. The molecule has 0 saturated heterocycles. The van der Waals surface area contributed by atoms with Crippen LogP contribution in [0, 0.1) is 0 Å². The Bertz CT molecular complexity index is 520. The summed E-state index contributed by atoms with van der Waals surface area (Å²) in [5.41, 5.74) is 2.13. The summed E-state index contributed by atoms with van der Waals surface area (Å²) in [5, 5.41) is 0. The summed E-state index contributed by atoms with van der Waals surface area (Å²) >= 11 is 0. The van der Waals surface area contributed by atoms with Crippen molar-refractivity contribution >= 4 is 17.6 Å². The first kappa shape index (κ1) is 13.3. The lowest BCUT2D eigenvalue weighted by Gasteiger charge is -2.12. The Morgan fingerprint density at radius 2 is 2.00 bits per heavy atom. The zero-order valence-corrected chi connectivity index (χ0v) is 11.0. The van der Waals surface area contributed by atoms with Gasteiger partial charge in [-0.05, 0) is 17.7 Å². The monoisotopic (exact) mass is 260 g/mol. The molecule has 0 spiro atoms. The number of likely N-dealkylation sites (N-methyl/N-ethyl adjacent to an activating group) is 1. The minimum atomic E-state index is -0.370. The van der Waals surface area contributed by atoms with Gasteiger partial charge in [0, 0.05) is 13.6 Å². The minimum absolute atomic E-state index is 0.0632. The second-order valence-corrected chi connectivity index (χ2v) is 4.39. The van der Waals surface area contributed by atoms with E-state index in [0.29, 0.717) is 25.1 Å². The van der Waals surface area contributed by atoms with Crippen LogP contribution < -0.4 is 0 Å². The zero-order valence-electron chi connectivity index (χ0n) is 11.0. The van der Waals surface area contributed by atoms with Crippen molar-refractivity contribution in [1.29, 1.82) is 0 Å². The molecule has 0 fully saturated rings. The molecule has 0 unspecified atom stereocenters.